The molecule has 2 N–H and O–H groups in total. The first kappa shape index (κ1) is 14.6. The standard InChI is InChI=1S/C14H10F2N2O3/c1-7-9(14(20)21)3-5-12(17-7)13(19)18-11-4-2-8(15)6-10(11)16/h2-6H,1H3,(H,18,19)(H,20,21). The van der Waals surface area contributed by atoms with E-state index in [2.05, 4.69) is 10.3 Å². The zero-order valence-corrected chi connectivity index (χ0v) is 10.9. The van der Waals surface area contributed by atoms with E-state index in [-0.39, 0.29) is 22.6 Å². The molecule has 1 aromatic heterocycles. The fraction of sp³-hybridized carbons (Fsp3) is 0.0714. The minimum Gasteiger partial charge on any atom is -0.478 e. The highest BCUT2D eigenvalue weighted by atomic mass is 19.1. The van der Waals surface area contributed by atoms with Gasteiger partial charge in [0.2, 0.25) is 0 Å². The Labute approximate surface area is 118 Å². The van der Waals surface area contributed by atoms with E-state index >= 15 is 0 Å². The molecule has 0 fully saturated rings. The molecule has 1 aromatic carbocycles. The van der Waals surface area contributed by atoms with Crippen LogP contribution in [0.5, 0.6) is 0 Å². The van der Waals surface area contributed by atoms with Crippen molar-refractivity contribution in [3.8, 4) is 0 Å². The third-order valence-corrected chi connectivity index (χ3v) is 2.73. The molecule has 21 heavy (non-hydrogen) atoms. The number of aromatic carboxylic acids is 1. The molecule has 7 heteroatoms. The van der Waals surface area contributed by atoms with Crippen LogP contribution in [0.3, 0.4) is 0 Å². The average molecular weight is 292 g/mol. The summed E-state index contributed by atoms with van der Waals surface area (Å²) < 4.78 is 26.2. The Morgan fingerprint density at radius 3 is 2.48 bits per heavy atom. The molecule has 2 aromatic rings. The number of carbonyl (C=O) groups is 2. The van der Waals surface area contributed by atoms with Crippen molar-refractivity contribution in [1.29, 1.82) is 0 Å². The molecule has 0 aliphatic carbocycles. The Morgan fingerprint density at radius 1 is 1.19 bits per heavy atom. The Morgan fingerprint density at radius 2 is 1.90 bits per heavy atom. The van der Waals surface area contributed by atoms with Gasteiger partial charge in [0.1, 0.15) is 17.3 Å². The number of carbonyl (C=O) groups excluding carboxylic acids is 1. The van der Waals surface area contributed by atoms with Gasteiger partial charge in [-0.3, -0.25) is 4.79 Å². The van der Waals surface area contributed by atoms with E-state index in [1.54, 1.807) is 0 Å². The topological polar surface area (TPSA) is 79.3 Å². The molecule has 0 aliphatic rings. The predicted molar refractivity (Wildman–Crippen MR) is 70.2 cm³/mol. The number of aromatic nitrogens is 1. The molecule has 0 unspecified atom stereocenters. The summed E-state index contributed by atoms with van der Waals surface area (Å²) in [7, 11) is 0. The summed E-state index contributed by atoms with van der Waals surface area (Å²) in [6, 6.07) is 5.18. The quantitative estimate of drug-likeness (QED) is 0.911. The van der Waals surface area contributed by atoms with Crippen molar-refractivity contribution < 1.29 is 23.5 Å². The van der Waals surface area contributed by atoms with Crippen molar-refractivity contribution >= 4 is 17.6 Å². The molecule has 0 bridgehead atoms. The molecule has 1 amide bonds. The van der Waals surface area contributed by atoms with Gasteiger partial charge in [-0.25, -0.2) is 18.6 Å². The lowest BCUT2D eigenvalue weighted by Gasteiger charge is -2.07. The summed E-state index contributed by atoms with van der Waals surface area (Å²) in [5, 5.41) is 11.1. The fourth-order valence-electron chi connectivity index (χ4n) is 1.69. The molecule has 0 saturated carbocycles. The zero-order valence-electron chi connectivity index (χ0n) is 10.9. The molecule has 0 spiro atoms. The highest BCUT2D eigenvalue weighted by molar-refractivity contribution is 6.03. The Kier molecular flexibility index (Phi) is 3.93. The van der Waals surface area contributed by atoms with Gasteiger partial charge in [-0.05, 0) is 31.2 Å². The van der Waals surface area contributed by atoms with Crippen LogP contribution in [0.25, 0.3) is 0 Å². The molecule has 1 heterocycles. The van der Waals surface area contributed by atoms with Crippen LogP contribution < -0.4 is 5.32 Å². The van der Waals surface area contributed by atoms with Crippen molar-refractivity contribution in [2.75, 3.05) is 5.32 Å². The zero-order chi connectivity index (χ0) is 15.6. The number of hydrogen-bond donors (Lipinski definition) is 2. The lowest BCUT2D eigenvalue weighted by atomic mass is 10.2. The summed E-state index contributed by atoms with van der Waals surface area (Å²) in [5.41, 5.74) is -0.126. The number of nitrogens with one attached hydrogen (secondary N) is 1. The summed E-state index contributed by atoms with van der Waals surface area (Å²) in [6.45, 7) is 1.44. The summed E-state index contributed by atoms with van der Waals surface area (Å²) in [5.74, 6) is -3.55. The van der Waals surface area contributed by atoms with Gasteiger partial charge in [-0.2, -0.15) is 0 Å². The van der Waals surface area contributed by atoms with Crippen LogP contribution in [0.4, 0.5) is 14.5 Å². The van der Waals surface area contributed by atoms with Crippen LogP contribution in [0.1, 0.15) is 26.5 Å². The molecule has 0 atom stereocenters. The summed E-state index contributed by atoms with van der Waals surface area (Å²) in [6.07, 6.45) is 0. The Bertz CT molecular complexity index is 732. The highest BCUT2D eigenvalue weighted by Gasteiger charge is 2.14. The first-order chi connectivity index (χ1) is 9.88. The van der Waals surface area contributed by atoms with Crippen LogP contribution >= 0.6 is 0 Å². The molecular weight excluding hydrogens is 282 g/mol. The number of carboxylic acids is 1. The van der Waals surface area contributed by atoms with Gasteiger partial charge in [-0.1, -0.05) is 0 Å². The van der Waals surface area contributed by atoms with Gasteiger partial charge in [0.05, 0.1) is 16.9 Å². The van der Waals surface area contributed by atoms with Gasteiger partial charge in [0, 0.05) is 6.07 Å². The van der Waals surface area contributed by atoms with Crippen molar-refractivity contribution in [3.05, 3.63) is 58.9 Å². The van der Waals surface area contributed by atoms with E-state index in [1.165, 1.54) is 19.1 Å². The second kappa shape index (κ2) is 5.66. The maximum Gasteiger partial charge on any atom is 0.337 e. The van der Waals surface area contributed by atoms with Crippen LogP contribution in [-0.4, -0.2) is 22.0 Å². The number of benzene rings is 1. The van der Waals surface area contributed by atoms with Crippen molar-refractivity contribution in [3.63, 3.8) is 0 Å². The first-order valence-electron chi connectivity index (χ1n) is 5.86. The third kappa shape index (κ3) is 3.19. The van der Waals surface area contributed by atoms with Crippen LogP contribution in [-0.2, 0) is 0 Å². The molecule has 5 nitrogen and oxygen atoms in total. The smallest absolute Gasteiger partial charge is 0.337 e. The van der Waals surface area contributed by atoms with E-state index in [1.807, 2.05) is 0 Å². The molecule has 2 rings (SSSR count). The normalized spacial score (nSPS) is 10.2. The molecule has 0 radical (unpaired) electrons. The minimum absolute atomic E-state index is 0.0282. The number of anilines is 1. The van der Waals surface area contributed by atoms with E-state index < -0.39 is 23.5 Å². The Balaban J connectivity index is 2.24. The Hall–Kier alpha value is -2.83. The highest BCUT2D eigenvalue weighted by Crippen LogP contribution is 2.16. The number of pyridine rings is 1. The van der Waals surface area contributed by atoms with Crippen molar-refractivity contribution in [2.45, 2.75) is 6.92 Å². The molecular formula is C14H10F2N2O3. The average Bonchev–Trinajstić information content (AvgIpc) is 2.41. The van der Waals surface area contributed by atoms with Crippen molar-refractivity contribution in [1.82, 2.24) is 4.98 Å². The summed E-state index contributed by atoms with van der Waals surface area (Å²) in [4.78, 5) is 26.6. The molecule has 0 aliphatic heterocycles. The van der Waals surface area contributed by atoms with E-state index in [0.717, 1.165) is 12.1 Å². The lowest BCUT2D eigenvalue weighted by molar-refractivity contribution is 0.0695. The monoisotopic (exact) mass is 292 g/mol. The SMILES string of the molecule is Cc1nc(C(=O)Nc2ccc(F)cc2F)ccc1C(=O)O. The van der Waals surface area contributed by atoms with Gasteiger partial charge in [-0.15, -0.1) is 0 Å². The predicted octanol–water partition coefficient (Wildman–Crippen LogP) is 2.62. The van der Waals surface area contributed by atoms with Crippen LogP contribution in [0.15, 0.2) is 30.3 Å². The fourth-order valence-corrected chi connectivity index (χ4v) is 1.69. The number of hydrogen-bond acceptors (Lipinski definition) is 3. The molecule has 0 saturated heterocycles. The number of aryl methyl sites for hydroxylation is 1. The van der Waals surface area contributed by atoms with Gasteiger partial charge >= 0.3 is 5.97 Å². The molecule has 108 valence electrons. The first-order valence-corrected chi connectivity index (χ1v) is 5.86. The second-order valence-electron chi connectivity index (χ2n) is 4.21. The van der Waals surface area contributed by atoms with Gasteiger partial charge < -0.3 is 10.4 Å². The lowest BCUT2D eigenvalue weighted by Crippen LogP contribution is -2.16. The maximum absolute atomic E-state index is 13.4. The van der Waals surface area contributed by atoms with Crippen LogP contribution in [0.2, 0.25) is 0 Å². The van der Waals surface area contributed by atoms with Gasteiger partial charge in [0.25, 0.3) is 5.91 Å². The van der Waals surface area contributed by atoms with E-state index in [4.69, 9.17) is 5.11 Å². The largest absolute Gasteiger partial charge is 0.478 e. The van der Waals surface area contributed by atoms with E-state index in [0.29, 0.717) is 6.07 Å². The van der Waals surface area contributed by atoms with Crippen molar-refractivity contribution in [2.24, 2.45) is 0 Å². The number of nitrogens with zero attached hydrogens (tertiary/aromatic N) is 1. The minimum atomic E-state index is -1.16. The number of carboxylic acid groups (broad SMARTS) is 1. The second-order valence-corrected chi connectivity index (χ2v) is 4.21. The van der Waals surface area contributed by atoms with Crippen LogP contribution in [0, 0.1) is 18.6 Å². The maximum atomic E-state index is 13.4. The number of amides is 1. The van der Waals surface area contributed by atoms with E-state index in [9.17, 15) is 18.4 Å². The van der Waals surface area contributed by atoms with Gasteiger partial charge in [0.15, 0.2) is 0 Å². The third-order valence-electron chi connectivity index (χ3n) is 2.73. The number of rotatable bonds is 3. The number of halogens is 2. The summed E-state index contributed by atoms with van der Waals surface area (Å²) >= 11 is 0.